The lowest BCUT2D eigenvalue weighted by molar-refractivity contribution is 0.0527. The van der Waals surface area contributed by atoms with E-state index in [1.54, 1.807) is 13.1 Å². The summed E-state index contributed by atoms with van der Waals surface area (Å²) in [4.78, 5) is 16.6. The van der Waals surface area contributed by atoms with Crippen LogP contribution in [-0.2, 0) is 4.74 Å². The van der Waals surface area contributed by atoms with Gasteiger partial charge in [-0.1, -0.05) is 34.1 Å². The van der Waals surface area contributed by atoms with Crippen molar-refractivity contribution in [1.29, 1.82) is 0 Å². The third-order valence-electron chi connectivity index (χ3n) is 3.37. The maximum absolute atomic E-state index is 12.3. The molecule has 2 aromatic carbocycles. The second-order valence-corrected chi connectivity index (χ2v) is 5.84. The lowest BCUT2D eigenvalue weighted by atomic mass is 10.1. The van der Waals surface area contributed by atoms with E-state index >= 15 is 0 Å². The van der Waals surface area contributed by atoms with Crippen molar-refractivity contribution in [3.8, 4) is 0 Å². The van der Waals surface area contributed by atoms with Crippen LogP contribution in [0.25, 0.3) is 10.9 Å². The summed E-state index contributed by atoms with van der Waals surface area (Å²) in [6.45, 7) is 2.10. The average Bonchev–Trinajstić information content (AvgIpc) is 2.56. The van der Waals surface area contributed by atoms with Crippen molar-refractivity contribution in [2.45, 2.75) is 6.92 Å². The van der Waals surface area contributed by atoms with Gasteiger partial charge in [-0.3, -0.25) is 4.98 Å². The van der Waals surface area contributed by atoms with Crippen molar-refractivity contribution in [3.05, 3.63) is 64.8 Å². The third kappa shape index (κ3) is 3.35. The van der Waals surface area contributed by atoms with E-state index < -0.39 is 0 Å². The van der Waals surface area contributed by atoms with Gasteiger partial charge in [0.15, 0.2) is 0 Å². The Hall–Kier alpha value is -2.40. The normalized spacial score (nSPS) is 10.5. The minimum Gasteiger partial charge on any atom is -0.462 e. The van der Waals surface area contributed by atoms with E-state index in [4.69, 9.17) is 4.74 Å². The molecule has 3 aromatic rings. The zero-order valence-corrected chi connectivity index (χ0v) is 14.1. The Balaban J connectivity index is 2.18. The molecule has 0 aliphatic carbocycles. The van der Waals surface area contributed by atoms with Crippen molar-refractivity contribution in [2.24, 2.45) is 0 Å². The number of carbonyl (C=O) groups is 1. The summed E-state index contributed by atoms with van der Waals surface area (Å²) in [6.07, 6.45) is 1.56. The number of rotatable bonds is 4. The van der Waals surface area contributed by atoms with Crippen LogP contribution < -0.4 is 5.32 Å². The fourth-order valence-electron chi connectivity index (χ4n) is 2.33. The largest absolute Gasteiger partial charge is 0.462 e. The van der Waals surface area contributed by atoms with Crippen LogP contribution >= 0.6 is 15.9 Å². The molecule has 0 aliphatic rings. The molecule has 0 unspecified atom stereocenters. The maximum atomic E-state index is 12.3. The van der Waals surface area contributed by atoms with Gasteiger partial charge in [0, 0.05) is 21.7 Å². The molecular formula is C18H15BrN2O2. The standard InChI is InChI=1S/C18H15BrN2O2/c1-2-23-18(22)15-11-20-16-9-8-12(19)10-14(16)17(15)21-13-6-4-3-5-7-13/h3-11H,2H2,1H3,(H,20,21). The molecule has 23 heavy (non-hydrogen) atoms. The fourth-order valence-corrected chi connectivity index (χ4v) is 2.69. The predicted octanol–water partition coefficient (Wildman–Crippen LogP) is 4.92. The molecule has 116 valence electrons. The lowest BCUT2D eigenvalue weighted by Gasteiger charge is -2.14. The summed E-state index contributed by atoms with van der Waals surface area (Å²) in [5.41, 5.74) is 2.81. The van der Waals surface area contributed by atoms with Gasteiger partial charge in [0.2, 0.25) is 0 Å². The monoisotopic (exact) mass is 370 g/mol. The SMILES string of the molecule is CCOC(=O)c1cnc2ccc(Br)cc2c1Nc1ccccc1. The summed E-state index contributed by atoms with van der Waals surface area (Å²) in [5, 5.41) is 4.18. The van der Waals surface area contributed by atoms with E-state index in [1.165, 1.54) is 0 Å². The highest BCUT2D eigenvalue weighted by molar-refractivity contribution is 9.10. The molecule has 0 atom stereocenters. The smallest absolute Gasteiger partial charge is 0.341 e. The van der Waals surface area contributed by atoms with Gasteiger partial charge in [-0.05, 0) is 37.3 Å². The van der Waals surface area contributed by atoms with E-state index in [9.17, 15) is 4.79 Å². The molecule has 0 fully saturated rings. The van der Waals surface area contributed by atoms with E-state index in [0.29, 0.717) is 17.9 Å². The Morgan fingerprint density at radius 3 is 2.74 bits per heavy atom. The van der Waals surface area contributed by atoms with E-state index in [2.05, 4.69) is 26.2 Å². The second kappa shape index (κ2) is 6.79. The zero-order valence-electron chi connectivity index (χ0n) is 12.5. The number of carbonyl (C=O) groups excluding carboxylic acids is 1. The molecule has 5 heteroatoms. The van der Waals surface area contributed by atoms with Gasteiger partial charge in [-0.25, -0.2) is 4.79 Å². The predicted molar refractivity (Wildman–Crippen MR) is 95.1 cm³/mol. The van der Waals surface area contributed by atoms with Crippen molar-refractivity contribution < 1.29 is 9.53 Å². The Morgan fingerprint density at radius 2 is 2.00 bits per heavy atom. The molecule has 0 aliphatic heterocycles. The number of aromatic nitrogens is 1. The molecule has 1 aromatic heterocycles. The first kappa shape index (κ1) is 15.5. The third-order valence-corrected chi connectivity index (χ3v) is 3.86. The summed E-state index contributed by atoms with van der Waals surface area (Å²) in [5.74, 6) is -0.389. The van der Waals surface area contributed by atoms with Crippen LogP contribution in [0.4, 0.5) is 11.4 Å². The summed E-state index contributed by atoms with van der Waals surface area (Å²) < 4.78 is 6.08. The minimum absolute atomic E-state index is 0.320. The fraction of sp³-hybridized carbons (Fsp3) is 0.111. The van der Waals surface area contributed by atoms with Gasteiger partial charge in [-0.2, -0.15) is 0 Å². The topological polar surface area (TPSA) is 51.2 Å². The number of ether oxygens (including phenoxy) is 1. The number of nitrogens with one attached hydrogen (secondary N) is 1. The van der Waals surface area contributed by atoms with Crippen molar-refractivity contribution in [3.63, 3.8) is 0 Å². The first-order chi connectivity index (χ1) is 11.2. The number of para-hydroxylation sites is 1. The highest BCUT2D eigenvalue weighted by Gasteiger charge is 2.17. The van der Waals surface area contributed by atoms with Crippen LogP contribution in [0.3, 0.4) is 0 Å². The molecule has 0 saturated heterocycles. The van der Waals surface area contributed by atoms with Crippen LogP contribution in [0, 0.1) is 0 Å². The van der Waals surface area contributed by atoms with Crippen molar-refractivity contribution in [1.82, 2.24) is 4.98 Å². The number of hydrogen-bond acceptors (Lipinski definition) is 4. The number of pyridine rings is 1. The van der Waals surface area contributed by atoms with E-state index in [1.807, 2.05) is 48.5 Å². The van der Waals surface area contributed by atoms with Gasteiger partial charge >= 0.3 is 5.97 Å². The Kier molecular flexibility index (Phi) is 4.57. The van der Waals surface area contributed by atoms with Gasteiger partial charge in [-0.15, -0.1) is 0 Å². The van der Waals surface area contributed by atoms with Crippen LogP contribution in [-0.4, -0.2) is 17.6 Å². The molecule has 0 amide bonds. The van der Waals surface area contributed by atoms with Crippen molar-refractivity contribution >= 4 is 44.2 Å². The van der Waals surface area contributed by atoms with Gasteiger partial charge in [0.05, 0.1) is 17.8 Å². The molecule has 3 rings (SSSR count). The lowest BCUT2D eigenvalue weighted by Crippen LogP contribution is -2.09. The maximum Gasteiger partial charge on any atom is 0.341 e. The van der Waals surface area contributed by atoms with Crippen LogP contribution in [0.5, 0.6) is 0 Å². The molecule has 4 nitrogen and oxygen atoms in total. The van der Waals surface area contributed by atoms with E-state index in [0.717, 1.165) is 21.1 Å². The highest BCUT2D eigenvalue weighted by Crippen LogP contribution is 2.31. The number of halogens is 1. The van der Waals surface area contributed by atoms with Crippen molar-refractivity contribution in [2.75, 3.05) is 11.9 Å². The summed E-state index contributed by atoms with van der Waals surface area (Å²) in [7, 11) is 0. The second-order valence-electron chi connectivity index (χ2n) is 4.92. The molecular weight excluding hydrogens is 356 g/mol. The van der Waals surface area contributed by atoms with Gasteiger partial charge in [0.1, 0.15) is 5.56 Å². The Labute approximate surface area is 142 Å². The Morgan fingerprint density at radius 1 is 1.22 bits per heavy atom. The average molecular weight is 371 g/mol. The van der Waals surface area contributed by atoms with E-state index in [-0.39, 0.29) is 5.97 Å². The quantitative estimate of drug-likeness (QED) is 0.662. The number of fused-ring (bicyclic) bond motifs is 1. The first-order valence-corrected chi connectivity index (χ1v) is 8.06. The minimum atomic E-state index is -0.389. The molecule has 0 saturated carbocycles. The summed E-state index contributed by atoms with van der Waals surface area (Å²) >= 11 is 3.47. The zero-order chi connectivity index (χ0) is 16.2. The number of esters is 1. The molecule has 1 N–H and O–H groups in total. The van der Waals surface area contributed by atoms with Crippen LogP contribution in [0.1, 0.15) is 17.3 Å². The number of benzene rings is 2. The molecule has 1 heterocycles. The number of anilines is 2. The number of nitrogens with zero attached hydrogens (tertiary/aromatic N) is 1. The van der Waals surface area contributed by atoms with Crippen LogP contribution in [0.15, 0.2) is 59.2 Å². The van der Waals surface area contributed by atoms with Gasteiger partial charge in [0.25, 0.3) is 0 Å². The number of hydrogen-bond donors (Lipinski definition) is 1. The molecule has 0 radical (unpaired) electrons. The molecule has 0 bridgehead atoms. The highest BCUT2D eigenvalue weighted by atomic mass is 79.9. The Bertz CT molecular complexity index is 850. The van der Waals surface area contributed by atoms with Gasteiger partial charge < -0.3 is 10.1 Å². The first-order valence-electron chi connectivity index (χ1n) is 7.26. The molecule has 0 spiro atoms. The van der Waals surface area contributed by atoms with Crippen LogP contribution in [0.2, 0.25) is 0 Å². The summed E-state index contributed by atoms with van der Waals surface area (Å²) in [6, 6.07) is 15.5.